The number of hydrogen-bond donors (Lipinski definition) is 2. The molecule has 0 aliphatic carbocycles. The molecule has 1 aromatic carbocycles. The van der Waals surface area contributed by atoms with E-state index in [1.165, 1.54) is 0 Å². The second-order valence-corrected chi connectivity index (χ2v) is 5.23. The van der Waals surface area contributed by atoms with Crippen LogP contribution in [0.25, 0.3) is 0 Å². The number of thiocarbonyl (C=S) groups is 1. The molecule has 3 N–H and O–H groups in total. The van der Waals surface area contributed by atoms with Gasteiger partial charge in [-0.3, -0.25) is 0 Å². The van der Waals surface area contributed by atoms with Crippen molar-refractivity contribution in [2.24, 2.45) is 5.73 Å². The van der Waals surface area contributed by atoms with Gasteiger partial charge in [0.2, 0.25) is 5.89 Å². The van der Waals surface area contributed by atoms with E-state index in [0.717, 1.165) is 15.7 Å². The van der Waals surface area contributed by atoms with Crippen molar-refractivity contribution in [3.05, 3.63) is 40.0 Å². The smallest absolute Gasteiger partial charge is 0.228 e. The number of aryl methyl sites for hydroxylation is 1. The average Bonchev–Trinajstić information content (AvgIpc) is 2.74. The van der Waals surface area contributed by atoms with Gasteiger partial charge in [0.05, 0.1) is 0 Å². The van der Waals surface area contributed by atoms with Crippen LogP contribution in [0.15, 0.2) is 27.2 Å². The molecule has 0 spiro atoms. The first-order valence-electron chi connectivity index (χ1n) is 5.69. The molecule has 19 heavy (non-hydrogen) atoms. The van der Waals surface area contributed by atoms with E-state index in [1.807, 2.05) is 18.2 Å². The summed E-state index contributed by atoms with van der Waals surface area (Å²) < 4.78 is 5.92. The molecule has 0 saturated heterocycles. The highest BCUT2D eigenvalue weighted by Crippen LogP contribution is 2.24. The molecule has 0 bridgehead atoms. The van der Waals surface area contributed by atoms with Crippen molar-refractivity contribution in [3.8, 4) is 0 Å². The topological polar surface area (TPSA) is 77.0 Å². The fourth-order valence-electron chi connectivity index (χ4n) is 1.67. The maximum atomic E-state index is 5.72. The lowest BCUT2D eigenvalue weighted by Crippen LogP contribution is -2.15. The minimum Gasteiger partial charge on any atom is -0.389 e. The minimum atomic E-state index is 0.351. The summed E-state index contributed by atoms with van der Waals surface area (Å²) in [7, 11) is 0. The molecule has 0 atom stereocenters. The molecule has 2 aromatic rings. The van der Waals surface area contributed by atoms with Crippen LogP contribution in [-0.2, 0) is 6.42 Å². The molecule has 0 aliphatic rings. The number of nitrogens with zero attached hydrogens (tertiary/aromatic N) is 2. The molecular weight excluding hydrogens is 328 g/mol. The third kappa shape index (κ3) is 3.51. The summed E-state index contributed by atoms with van der Waals surface area (Å²) in [5.41, 5.74) is 7.41. The Labute approximate surface area is 124 Å². The standard InChI is InChI=1S/C12H13BrN4OS/c1-7-16-10(18-17-7)5-6-15-9-4-2-3-8(13)11(9)12(14)19/h2-4,15H,5-6H2,1H3,(H2,14,19). The molecule has 7 heteroatoms. The first-order valence-corrected chi connectivity index (χ1v) is 6.89. The van der Waals surface area contributed by atoms with Crippen LogP contribution in [0.4, 0.5) is 5.69 Å². The summed E-state index contributed by atoms with van der Waals surface area (Å²) in [5, 5.41) is 7.01. The second-order valence-electron chi connectivity index (χ2n) is 3.94. The van der Waals surface area contributed by atoms with Gasteiger partial charge in [-0.1, -0.05) is 23.4 Å². The van der Waals surface area contributed by atoms with Gasteiger partial charge in [0.15, 0.2) is 5.82 Å². The lowest BCUT2D eigenvalue weighted by molar-refractivity contribution is 0.377. The van der Waals surface area contributed by atoms with E-state index >= 15 is 0 Å². The average molecular weight is 341 g/mol. The lowest BCUT2D eigenvalue weighted by atomic mass is 10.1. The largest absolute Gasteiger partial charge is 0.389 e. The van der Waals surface area contributed by atoms with Crippen molar-refractivity contribution in [2.45, 2.75) is 13.3 Å². The summed E-state index contributed by atoms with van der Waals surface area (Å²) >= 11 is 8.49. The summed E-state index contributed by atoms with van der Waals surface area (Å²) in [4.78, 5) is 4.49. The Morgan fingerprint density at radius 1 is 1.53 bits per heavy atom. The summed E-state index contributed by atoms with van der Waals surface area (Å²) in [5.74, 6) is 1.25. The van der Waals surface area contributed by atoms with Gasteiger partial charge in [0.25, 0.3) is 0 Å². The van der Waals surface area contributed by atoms with E-state index in [-0.39, 0.29) is 0 Å². The molecule has 0 fully saturated rings. The normalized spacial score (nSPS) is 10.4. The van der Waals surface area contributed by atoms with Gasteiger partial charge >= 0.3 is 0 Å². The van der Waals surface area contributed by atoms with Gasteiger partial charge in [0, 0.05) is 28.7 Å². The summed E-state index contributed by atoms with van der Waals surface area (Å²) in [6.07, 6.45) is 0.643. The number of aromatic nitrogens is 2. The zero-order valence-corrected chi connectivity index (χ0v) is 12.7. The Morgan fingerprint density at radius 2 is 2.32 bits per heavy atom. The highest BCUT2D eigenvalue weighted by molar-refractivity contribution is 9.10. The molecule has 2 rings (SSSR count). The van der Waals surface area contributed by atoms with Crippen LogP contribution in [0.1, 0.15) is 17.3 Å². The zero-order chi connectivity index (χ0) is 13.8. The number of halogens is 1. The van der Waals surface area contributed by atoms with Crippen LogP contribution >= 0.6 is 28.1 Å². The molecular formula is C12H13BrN4OS. The minimum absolute atomic E-state index is 0.351. The Morgan fingerprint density at radius 3 is 2.95 bits per heavy atom. The van der Waals surface area contributed by atoms with Crippen molar-refractivity contribution >= 4 is 38.8 Å². The Kier molecular flexibility index (Phi) is 4.49. The molecule has 0 aliphatic heterocycles. The molecule has 5 nitrogen and oxygen atoms in total. The van der Waals surface area contributed by atoms with Crippen molar-refractivity contribution in [2.75, 3.05) is 11.9 Å². The van der Waals surface area contributed by atoms with E-state index in [1.54, 1.807) is 6.92 Å². The summed E-state index contributed by atoms with van der Waals surface area (Å²) in [6, 6.07) is 5.75. The number of nitrogens with one attached hydrogen (secondary N) is 1. The second kappa shape index (κ2) is 6.12. The first-order chi connectivity index (χ1) is 9.08. The van der Waals surface area contributed by atoms with E-state index in [4.69, 9.17) is 22.5 Å². The fourth-order valence-corrected chi connectivity index (χ4v) is 2.60. The molecule has 1 aromatic heterocycles. The number of nitrogens with two attached hydrogens (primary N) is 1. The first kappa shape index (κ1) is 14.0. The maximum Gasteiger partial charge on any atom is 0.228 e. The predicted octanol–water partition coefficient (Wildman–Crippen LogP) is 2.43. The van der Waals surface area contributed by atoms with Crippen molar-refractivity contribution in [3.63, 3.8) is 0 Å². The predicted molar refractivity (Wildman–Crippen MR) is 81.3 cm³/mol. The van der Waals surface area contributed by atoms with E-state index in [2.05, 4.69) is 31.4 Å². The molecule has 0 amide bonds. The Bertz CT molecular complexity index is 599. The van der Waals surface area contributed by atoms with Crippen LogP contribution in [0, 0.1) is 6.92 Å². The van der Waals surface area contributed by atoms with Gasteiger partial charge in [-0.15, -0.1) is 0 Å². The monoisotopic (exact) mass is 340 g/mol. The highest BCUT2D eigenvalue weighted by atomic mass is 79.9. The molecule has 0 radical (unpaired) electrons. The van der Waals surface area contributed by atoms with Crippen LogP contribution < -0.4 is 11.1 Å². The van der Waals surface area contributed by atoms with E-state index in [9.17, 15) is 0 Å². The molecule has 1 heterocycles. The quantitative estimate of drug-likeness (QED) is 0.814. The number of hydrogen-bond acceptors (Lipinski definition) is 5. The third-order valence-electron chi connectivity index (χ3n) is 2.48. The number of rotatable bonds is 5. The third-order valence-corrected chi connectivity index (χ3v) is 3.35. The van der Waals surface area contributed by atoms with Crippen LogP contribution in [-0.4, -0.2) is 21.7 Å². The van der Waals surface area contributed by atoms with Gasteiger partial charge in [0.1, 0.15) is 4.99 Å². The SMILES string of the molecule is Cc1noc(CCNc2cccc(Br)c2C(N)=S)n1. The van der Waals surface area contributed by atoms with Gasteiger partial charge in [-0.05, 0) is 35.0 Å². The number of anilines is 1. The van der Waals surface area contributed by atoms with Crippen molar-refractivity contribution in [1.82, 2.24) is 10.1 Å². The lowest BCUT2D eigenvalue weighted by Gasteiger charge is -2.11. The zero-order valence-electron chi connectivity index (χ0n) is 10.3. The van der Waals surface area contributed by atoms with Crippen LogP contribution in [0.5, 0.6) is 0 Å². The van der Waals surface area contributed by atoms with Gasteiger partial charge in [-0.25, -0.2) is 0 Å². The van der Waals surface area contributed by atoms with Crippen molar-refractivity contribution in [1.29, 1.82) is 0 Å². The highest BCUT2D eigenvalue weighted by Gasteiger charge is 2.09. The van der Waals surface area contributed by atoms with Crippen LogP contribution in [0.2, 0.25) is 0 Å². The van der Waals surface area contributed by atoms with Gasteiger partial charge < -0.3 is 15.6 Å². The van der Waals surface area contributed by atoms with Gasteiger partial charge in [-0.2, -0.15) is 4.98 Å². The fraction of sp³-hybridized carbons (Fsp3) is 0.250. The Hall–Kier alpha value is -1.47. The molecule has 100 valence electrons. The summed E-state index contributed by atoms with van der Waals surface area (Å²) in [6.45, 7) is 2.45. The molecule has 0 unspecified atom stereocenters. The Balaban J connectivity index is 2.03. The van der Waals surface area contributed by atoms with E-state index < -0.39 is 0 Å². The number of benzene rings is 1. The maximum absolute atomic E-state index is 5.72. The molecule has 0 saturated carbocycles. The van der Waals surface area contributed by atoms with E-state index in [0.29, 0.717) is 29.7 Å². The van der Waals surface area contributed by atoms with Crippen molar-refractivity contribution < 1.29 is 4.52 Å². The van der Waals surface area contributed by atoms with Crippen LogP contribution in [0.3, 0.4) is 0 Å².